The first-order chi connectivity index (χ1) is 15.6. The number of nitrogens with one attached hydrogen (secondary N) is 1. The van der Waals surface area contributed by atoms with Gasteiger partial charge in [0.15, 0.2) is 0 Å². The summed E-state index contributed by atoms with van der Waals surface area (Å²) in [5.74, 6) is 0.286. The van der Waals surface area contributed by atoms with Gasteiger partial charge in [-0.05, 0) is 48.9 Å². The predicted molar refractivity (Wildman–Crippen MR) is 124 cm³/mol. The molecule has 0 atom stereocenters. The highest BCUT2D eigenvalue weighted by Crippen LogP contribution is 2.22. The number of benzene rings is 2. The second-order valence-electron chi connectivity index (χ2n) is 8.75. The maximum Gasteiger partial charge on any atom is 0.227 e. The van der Waals surface area contributed by atoms with E-state index in [4.69, 9.17) is 0 Å². The van der Waals surface area contributed by atoms with Crippen LogP contribution in [-0.2, 0) is 27.3 Å². The number of hydrogen-bond donors (Lipinski definition) is 1. The quantitative estimate of drug-likeness (QED) is 0.725. The minimum Gasteiger partial charge on any atom is -0.343 e. The van der Waals surface area contributed by atoms with Crippen molar-refractivity contribution in [2.45, 2.75) is 45.1 Å². The van der Waals surface area contributed by atoms with E-state index < -0.39 is 0 Å². The van der Waals surface area contributed by atoms with Crippen molar-refractivity contribution in [1.82, 2.24) is 9.80 Å². The summed E-state index contributed by atoms with van der Waals surface area (Å²) in [5.41, 5.74) is 2.96. The lowest BCUT2D eigenvalue weighted by molar-refractivity contribution is -0.134. The number of hydrogen-bond acceptors (Lipinski definition) is 3. The summed E-state index contributed by atoms with van der Waals surface area (Å²) in [7, 11) is 0. The molecule has 2 aliphatic rings. The molecule has 2 aromatic carbocycles. The van der Waals surface area contributed by atoms with Crippen LogP contribution in [0.15, 0.2) is 54.6 Å². The number of amides is 3. The first kappa shape index (κ1) is 22.1. The number of anilines is 1. The van der Waals surface area contributed by atoms with E-state index in [2.05, 4.69) is 5.32 Å². The zero-order valence-electron chi connectivity index (χ0n) is 18.5. The molecule has 32 heavy (non-hydrogen) atoms. The minimum atomic E-state index is -0.0861. The molecule has 1 N–H and O–H groups in total. The van der Waals surface area contributed by atoms with Crippen molar-refractivity contribution in [3.63, 3.8) is 0 Å². The van der Waals surface area contributed by atoms with Gasteiger partial charge in [0, 0.05) is 50.6 Å². The van der Waals surface area contributed by atoms with Crippen LogP contribution in [0.1, 0.15) is 43.2 Å². The Balaban J connectivity index is 1.23. The normalized spacial score (nSPS) is 16.9. The molecule has 2 aromatic rings. The van der Waals surface area contributed by atoms with Crippen molar-refractivity contribution in [3.8, 4) is 0 Å². The Morgan fingerprint density at radius 1 is 0.938 bits per heavy atom. The minimum absolute atomic E-state index is 0.00998. The van der Waals surface area contributed by atoms with Crippen LogP contribution in [-0.4, -0.2) is 47.2 Å². The standard InChI is InChI=1S/C26H31N3O3/c30-24-10-5-15-29(24)19-21-8-4-9-23(18-21)27-26(32)22-13-16-28(17-14-22)25(31)12-11-20-6-2-1-3-7-20/h1-4,6-9,18,22H,5,10-17,19H2,(H,27,32). The van der Waals surface area contributed by atoms with Crippen LogP contribution in [0.25, 0.3) is 0 Å². The van der Waals surface area contributed by atoms with Crippen molar-refractivity contribution in [2.24, 2.45) is 5.92 Å². The zero-order valence-corrected chi connectivity index (χ0v) is 18.5. The van der Waals surface area contributed by atoms with Gasteiger partial charge >= 0.3 is 0 Å². The number of carbonyl (C=O) groups excluding carboxylic acids is 3. The highest BCUT2D eigenvalue weighted by atomic mass is 16.2. The maximum atomic E-state index is 12.8. The van der Waals surface area contributed by atoms with E-state index in [1.54, 1.807) is 0 Å². The van der Waals surface area contributed by atoms with E-state index in [0.29, 0.717) is 45.3 Å². The second kappa shape index (κ2) is 10.4. The molecule has 6 nitrogen and oxygen atoms in total. The summed E-state index contributed by atoms with van der Waals surface area (Å²) < 4.78 is 0. The lowest BCUT2D eigenvalue weighted by Gasteiger charge is -2.31. The molecule has 2 saturated heterocycles. The molecular weight excluding hydrogens is 402 g/mol. The Labute approximate surface area is 189 Å². The third-order valence-corrected chi connectivity index (χ3v) is 6.43. The van der Waals surface area contributed by atoms with E-state index >= 15 is 0 Å². The van der Waals surface area contributed by atoms with Crippen molar-refractivity contribution in [3.05, 3.63) is 65.7 Å². The fourth-order valence-corrected chi connectivity index (χ4v) is 4.53. The SMILES string of the molecule is O=C(Nc1cccc(CN2CCCC2=O)c1)C1CCN(C(=O)CCc2ccccc2)CC1. The van der Waals surface area contributed by atoms with E-state index in [0.717, 1.165) is 30.6 Å². The van der Waals surface area contributed by atoms with Gasteiger partial charge in [0.05, 0.1) is 0 Å². The van der Waals surface area contributed by atoms with E-state index in [1.807, 2.05) is 64.4 Å². The van der Waals surface area contributed by atoms with Crippen LogP contribution in [0.5, 0.6) is 0 Å². The van der Waals surface area contributed by atoms with Crippen molar-refractivity contribution in [2.75, 3.05) is 25.0 Å². The number of piperidine rings is 1. The number of carbonyl (C=O) groups is 3. The molecule has 0 unspecified atom stereocenters. The highest BCUT2D eigenvalue weighted by Gasteiger charge is 2.27. The lowest BCUT2D eigenvalue weighted by Crippen LogP contribution is -2.41. The zero-order chi connectivity index (χ0) is 22.3. The van der Waals surface area contributed by atoms with Crippen molar-refractivity contribution < 1.29 is 14.4 Å². The van der Waals surface area contributed by atoms with E-state index in [1.165, 1.54) is 5.56 Å². The number of likely N-dealkylation sites (tertiary alicyclic amines) is 2. The topological polar surface area (TPSA) is 69.7 Å². The lowest BCUT2D eigenvalue weighted by atomic mass is 9.95. The van der Waals surface area contributed by atoms with Gasteiger partial charge in [-0.2, -0.15) is 0 Å². The van der Waals surface area contributed by atoms with Crippen LogP contribution in [0, 0.1) is 5.92 Å². The summed E-state index contributed by atoms with van der Waals surface area (Å²) in [6.45, 7) is 2.65. The predicted octanol–water partition coefficient (Wildman–Crippen LogP) is 3.62. The average molecular weight is 434 g/mol. The summed E-state index contributed by atoms with van der Waals surface area (Å²) in [6.07, 6.45) is 4.18. The first-order valence-electron chi connectivity index (χ1n) is 11.6. The fraction of sp³-hybridized carbons (Fsp3) is 0.423. The smallest absolute Gasteiger partial charge is 0.227 e. The first-order valence-corrected chi connectivity index (χ1v) is 11.6. The molecule has 2 fully saturated rings. The molecule has 2 heterocycles. The summed E-state index contributed by atoms with van der Waals surface area (Å²) in [5, 5.41) is 3.03. The molecule has 3 amide bonds. The van der Waals surface area contributed by atoms with Gasteiger partial charge in [0.1, 0.15) is 0 Å². The van der Waals surface area contributed by atoms with Crippen molar-refractivity contribution >= 4 is 23.4 Å². The maximum absolute atomic E-state index is 12.8. The summed E-state index contributed by atoms with van der Waals surface area (Å²) in [6, 6.07) is 17.8. The Kier molecular flexibility index (Phi) is 7.20. The number of aryl methyl sites for hydroxylation is 1. The molecular formula is C26H31N3O3. The van der Waals surface area contributed by atoms with Gasteiger partial charge in [0.25, 0.3) is 0 Å². The molecule has 0 bridgehead atoms. The number of nitrogens with zero attached hydrogens (tertiary/aromatic N) is 2. The molecule has 4 rings (SSSR count). The molecule has 0 aromatic heterocycles. The molecule has 6 heteroatoms. The van der Waals surface area contributed by atoms with Crippen LogP contribution < -0.4 is 5.32 Å². The Bertz CT molecular complexity index is 952. The van der Waals surface area contributed by atoms with Crippen LogP contribution >= 0.6 is 0 Å². The Morgan fingerprint density at radius 2 is 1.69 bits per heavy atom. The van der Waals surface area contributed by atoms with Gasteiger partial charge in [-0.1, -0.05) is 42.5 Å². The monoisotopic (exact) mass is 433 g/mol. The van der Waals surface area contributed by atoms with Gasteiger partial charge in [0.2, 0.25) is 17.7 Å². The Morgan fingerprint density at radius 3 is 2.41 bits per heavy atom. The van der Waals surface area contributed by atoms with Gasteiger partial charge in [-0.3, -0.25) is 14.4 Å². The van der Waals surface area contributed by atoms with Crippen LogP contribution in [0.3, 0.4) is 0 Å². The largest absolute Gasteiger partial charge is 0.343 e. The van der Waals surface area contributed by atoms with E-state index in [9.17, 15) is 14.4 Å². The van der Waals surface area contributed by atoms with Gasteiger partial charge in [-0.15, -0.1) is 0 Å². The van der Waals surface area contributed by atoms with Gasteiger partial charge in [-0.25, -0.2) is 0 Å². The highest BCUT2D eigenvalue weighted by molar-refractivity contribution is 5.92. The molecule has 0 aliphatic carbocycles. The molecule has 168 valence electrons. The van der Waals surface area contributed by atoms with Crippen molar-refractivity contribution in [1.29, 1.82) is 0 Å². The van der Waals surface area contributed by atoms with Gasteiger partial charge < -0.3 is 15.1 Å². The summed E-state index contributed by atoms with van der Waals surface area (Å²) >= 11 is 0. The van der Waals surface area contributed by atoms with Crippen LogP contribution in [0.4, 0.5) is 5.69 Å². The molecule has 0 spiro atoms. The molecule has 0 saturated carbocycles. The summed E-state index contributed by atoms with van der Waals surface area (Å²) in [4.78, 5) is 40.9. The van der Waals surface area contributed by atoms with Crippen LogP contribution in [0.2, 0.25) is 0 Å². The molecule has 0 radical (unpaired) electrons. The fourth-order valence-electron chi connectivity index (χ4n) is 4.53. The third kappa shape index (κ3) is 5.75. The number of rotatable bonds is 7. The Hall–Kier alpha value is -3.15. The average Bonchev–Trinajstić information content (AvgIpc) is 3.22. The third-order valence-electron chi connectivity index (χ3n) is 6.43. The molecule has 2 aliphatic heterocycles. The second-order valence-corrected chi connectivity index (χ2v) is 8.75. The van der Waals surface area contributed by atoms with E-state index in [-0.39, 0.29) is 23.6 Å².